The first-order valence-electron chi connectivity index (χ1n) is 7.53. The van der Waals surface area contributed by atoms with Crippen LogP contribution in [0.3, 0.4) is 0 Å². The zero-order valence-electron chi connectivity index (χ0n) is 12.9. The Morgan fingerprint density at radius 3 is 2.82 bits per heavy atom. The molecule has 0 saturated carbocycles. The van der Waals surface area contributed by atoms with Gasteiger partial charge in [-0.25, -0.2) is 4.98 Å². The van der Waals surface area contributed by atoms with E-state index in [4.69, 9.17) is 0 Å². The molecule has 0 N–H and O–H groups in total. The highest BCUT2D eigenvalue weighted by atomic mass is 32.2. The highest BCUT2D eigenvalue weighted by molar-refractivity contribution is 7.99. The van der Waals surface area contributed by atoms with Crippen LogP contribution in [0.15, 0.2) is 29.8 Å². The largest absolute Gasteiger partial charge is 0.337 e. The van der Waals surface area contributed by atoms with Gasteiger partial charge in [0.15, 0.2) is 0 Å². The smallest absolute Gasteiger partial charge is 0.265 e. The van der Waals surface area contributed by atoms with Crippen LogP contribution in [0.1, 0.15) is 38.2 Å². The van der Waals surface area contributed by atoms with Crippen LogP contribution in [0.4, 0.5) is 0 Å². The summed E-state index contributed by atoms with van der Waals surface area (Å²) in [6.45, 7) is 5.72. The number of carbonyl (C=O) groups excluding carboxylic acids is 1. The number of hydrogen-bond acceptors (Lipinski definition) is 4. The summed E-state index contributed by atoms with van der Waals surface area (Å²) in [6.07, 6.45) is 1.01. The van der Waals surface area contributed by atoms with Gasteiger partial charge in [-0.2, -0.15) is 11.8 Å². The lowest BCUT2D eigenvalue weighted by Crippen LogP contribution is -2.32. The van der Waals surface area contributed by atoms with Crippen LogP contribution in [0.5, 0.6) is 0 Å². The van der Waals surface area contributed by atoms with Crippen molar-refractivity contribution in [3.8, 4) is 0 Å². The van der Waals surface area contributed by atoms with Crippen LogP contribution in [0.2, 0.25) is 0 Å². The molecule has 22 heavy (non-hydrogen) atoms. The number of aromatic nitrogens is 1. The second-order valence-electron chi connectivity index (χ2n) is 5.56. The van der Waals surface area contributed by atoms with Crippen molar-refractivity contribution in [3.05, 3.63) is 51.5 Å². The molecule has 0 aliphatic carbocycles. The fraction of sp³-hybridized carbons (Fsp3) is 0.412. The SMILES string of the molecule is Cc1ccccc1[C@H]1CCN(C(=O)c2scnc2C)CCS1. The van der Waals surface area contributed by atoms with Gasteiger partial charge in [0.2, 0.25) is 0 Å². The van der Waals surface area contributed by atoms with E-state index in [1.165, 1.54) is 22.5 Å². The van der Waals surface area contributed by atoms with Crippen molar-refractivity contribution >= 4 is 29.0 Å². The molecule has 3 rings (SSSR count). The van der Waals surface area contributed by atoms with E-state index in [1.54, 1.807) is 5.51 Å². The molecule has 0 spiro atoms. The van der Waals surface area contributed by atoms with Gasteiger partial charge in [-0.15, -0.1) is 11.3 Å². The fourth-order valence-electron chi connectivity index (χ4n) is 2.82. The van der Waals surface area contributed by atoms with E-state index in [0.717, 1.165) is 35.8 Å². The molecule has 3 nitrogen and oxygen atoms in total. The minimum Gasteiger partial charge on any atom is -0.337 e. The van der Waals surface area contributed by atoms with Crippen molar-refractivity contribution in [3.63, 3.8) is 0 Å². The van der Waals surface area contributed by atoms with Crippen molar-refractivity contribution in [1.29, 1.82) is 0 Å². The first kappa shape index (κ1) is 15.6. The number of amides is 1. The van der Waals surface area contributed by atoms with E-state index in [9.17, 15) is 4.79 Å². The minimum absolute atomic E-state index is 0.144. The van der Waals surface area contributed by atoms with Crippen LogP contribution in [-0.2, 0) is 0 Å². The van der Waals surface area contributed by atoms with Crippen LogP contribution < -0.4 is 0 Å². The van der Waals surface area contributed by atoms with Gasteiger partial charge < -0.3 is 4.90 Å². The molecule has 1 fully saturated rings. The monoisotopic (exact) mass is 332 g/mol. The fourth-order valence-corrected chi connectivity index (χ4v) is 4.92. The van der Waals surface area contributed by atoms with E-state index in [2.05, 4.69) is 36.2 Å². The van der Waals surface area contributed by atoms with E-state index in [-0.39, 0.29) is 5.91 Å². The van der Waals surface area contributed by atoms with Gasteiger partial charge in [-0.05, 0) is 31.4 Å². The Bertz CT molecular complexity index is 668. The van der Waals surface area contributed by atoms with E-state index in [1.807, 2.05) is 23.6 Å². The number of rotatable bonds is 2. The van der Waals surface area contributed by atoms with Gasteiger partial charge in [0.1, 0.15) is 4.88 Å². The molecule has 1 aromatic heterocycles. The number of thioether (sulfide) groups is 1. The summed E-state index contributed by atoms with van der Waals surface area (Å²) < 4.78 is 0. The van der Waals surface area contributed by atoms with Crippen molar-refractivity contribution in [2.24, 2.45) is 0 Å². The van der Waals surface area contributed by atoms with Crippen molar-refractivity contribution in [1.82, 2.24) is 9.88 Å². The van der Waals surface area contributed by atoms with Gasteiger partial charge >= 0.3 is 0 Å². The van der Waals surface area contributed by atoms with E-state index in [0.29, 0.717) is 5.25 Å². The number of carbonyl (C=O) groups is 1. The molecule has 1 saturated heterocycles. The molecule has 0 unspecified atom stereocenters. The van der Waals surface area contributed by atoms with Crippen molar-refractivity contribution in [2.75, 3.05) is 18.8 Å². The lowest BCUT2D eigenvalue weighted by Gasteiger charge is -2.20. The maximum Gasteiger partial charge on any atom is 0.265 e. The maximum atomic E-state index is 12.6. The van der Waals surface area contributed by atoms with Gasteiger partial charge in [0.25, 0.3) is 5.91 Å². The zero-order valence-corrected chi connectivity index (χ0v) is 14.5. The molecule has 1 aromatic carbocycles. The standard InChI is InChI=1S/C17H20N2OS2/c1-12-5-3-4-6-14(12)15-7-8-19(9-10-21-15)17(20)16-13(2)18-11-22-16/h3-6,11,15H,7-10H2,1-2H3/t15-/m1/s1. The third-order valence-corrected chi connectivity index (χ3v) is 6.33. The molecule has 0 radical (unpaired) electrons. The molecule has 1 aliphatic rings. The van der Waals surface area contributed by atoms with E-state index >= 15 is 0 Å². The quantitative estimate of drug-likeness (QED) is 0.831. The summed E-state index contributed by atoms with van der Waals surface area (Å²) in [4.78, 5) is 19.6. The Morgan fingerprint density at radius 2 is 2.09 bits per heavy atom. The molecule has 1 amide bonds. The molecule has 5 heteroatoms. The topological polar surface area (TPSA) is 33.2 Å². The van der Waals surface area contributed by atoms with Crippen molar-refractivity contribution in [2.45, 2.75) is 25.5 Å². The molecular formula is C17H20N2OS2. The Morgan fingerprint density at radius 1 is 1.27 bits per heavy atom. The summed E-state index contributed by atoms with van der Waals surface area (Å²) >= 11 is 3.42. The highest BCUT2D eigenvalue weighted by Gasteiger charge is 2.25. The predicted octanol–water partition coefficient (Wildman–Crippen LogP) is 4.08. The van der Waals surface area contributed by atoms with Crippen molar-refractivity contribution < 1.29 is 4.79 Å². The van der Waals surface area contributed by atoms with E-state index < -0.39 is 0 Å². The number of hydrogen-bond donors (Lipinski definition) is 0. The molecule has 2 aromatic rings. The maximum absolute atomic E-state index is 12.6. The summed E-state index contributed by atoms with van der Waals surface area (Å²) in [7, 11) is 0. The first-order chi connectivity index (χ1) is 10.7. The third-order valence-electron chi connectivity index (χ3n) is 4.10. The summed E-state index contributed by atoms with van der Waals surface area (Å²) in [5.41, 5.74) is 5.36. The summed E-state index contributed by atoms with van der Waals surface area (Å²) in [5.74, 6) is 1.13. The Balaban J connectivity index is 1.72. The molecule has 2 heterocycles. The van der Waals surface area contributed by atoms with Gasteiger partial charge in [-0.1, -0.05) is 24.3 Å². The predicted molar refractivity (Wildman–Crippen MR) is 93.7 cm³/mol. The molecule has 0 bridgehead atoms. The number of thiazole rings is 1. The van der Waals surface area contributed by atoms with Crippen LogP contribution >= 0.6 is 23.1 Å². The normalized spacial score (nSPS) is 19.0. The number of benzene rings is 1. The van der Waals surface area contributed by atoms with Crippen LogP contribution in [0.25, 0.3) is 0 Å². The Labute approximate surface area is 139 Å². The molecule has 1 atom stereocenters. The Kier molecular flexibility index (Phi) is 4.84. The minimum atomic E-state index is 0.144. The van der Waals surface area contributed by atoms with Crippen LogP contribution in [-0.4, -0.2) is 34.6 Å². The number of aryl methyl sites for hydroxylation is 2. The zero-order chi connectivity index (χ0) is 15.5. The summed E-state index contributed by atoms with van der Waals surface area (Å²) in [5, 5.41) is 0.488. The molecule has 1 aliphatic heterocycles. The molecule has 116 valence electrons. The van der Waals surface area contributed by atoms with Gasteiger partial charge in [0, 0.05) is 24.1 Å². The summed E-state index contributed by atoms with van der Waals surface area (Å²) in [6, 6.07) is 8.59. The Hall–Kier alpha value is -1.33. The first-order valence-corrected chi connectivity index (χ1v) is 9.46. The lowest BCUT2D eigenvalue weighted by atomic mass is 10.0. The van der Waals surface area contributed by atoms with Gasteiger partial charge in [-0.3, -0.25) is 4.79 Å². The van der Waals surface area contributed by atoms with Crippen LogP contribution in [0, 0.1) is 13.8 Å². The second-order valence-corrected chi connectivity index (χ2v) is 7.73. The third kappa shape index (κ3) is 3.20. The van der Waals surface area contributed by atoms with Gasteiger partial charge in [0.05, 0.1) is 11.2 Å². The molecular weight excluding hydrogens is 312 g/mol. The lowest BCUT2D eigenvalue weighted by molar-refractivity contribution is 0.0770. The second kappa shape index (κ2) is 6.84. The average Bonchev–Trinajstić information content (AvgIpc) is 2.80. The highest BCUT2D eigenvalue weighted by Crippen LogP contribution is 2.36. The average molecular weight is 332 g/mol. The number of nitrogens with zero attached hydrogens (tertiary/aromatic N) is 2.